The van der Waals surface area contributed by atoms with E-state index in [1.807, 2.05) is 41.5 Å². The van der Waals surface area contributed by atoms with E-state index < -0.39 is 0 Å². The summed E-state index contributed by atoms with van der Waals surface area (Å²) in [6.45, 7) is 3.21. The van der Waals surface area contributed by atoms with Gasteiger partial charge in [0.05, 0.1) is 0 Å². The molecule has 0 bridgehead atoms. The first-order chi connectivity index (χ1) is 11.1. The number of aromatic nitrogens is 1. The van der Waals surface area contributed by atoms with Crippen molar-refractivity contribution in [2.75, 3.05) is 18.4 Å². The van der Waals surface area contributed by atoms with E-state index in [1.165, 1.54) is 11.3 Å². The zero-order chi connectivity index (χ0) is 16.2. The number of nitrogens with zero attached hydrogens (tertiary/aromatic N) is 2. The van der Waals surface area contributed by atoms with Gasteiger partial charge in [-0.1, -0.05) is 17.7 Å². The van der Waals surface area contributed by atoms with Crippen LogP contribution in [0.1, 0.15) is 28.8 Å². The Bertz CT molecular complexity index is 692. The van der Waals surface area contributed by atoms with Crippen molar-refractivity contribution in [2.45, 2.75) is 19.8 Å². The van der Waals surface area contributed by atoms with Gasteiger partial charge in [0.15, 0.2) is 5.13 Å². The summed E-state index contributed by atoms with van der Waals surface area (Å²) in [5.41, 5.74) is 1.80. The lowest BCUT2D eigenvalue weighted by molar-refractivity contribution is -0.121. The first-order valence-electron chi connectivity index (χ1n) is 7.70. The molecule has 1 aromatic carbocycles. The van der Waals surface area contributed by atoms with Crippen molar-refractivity contribution in [1.29, 1.82) is 0 Å². The number of carbonyl (C=O) groups is 2. The molecule has 0 radical (unpaired) electrons. The molecular weight excluding hydrogens is 310 g/mol. The minimum atomic E-state index is -0.0551. The SMILES string of the molecule is Cc1cccc(C(=O)N2CCC(C(=O)Nc3nccs3)CC2)c1. The van der Waals surface area contributed by atoms with E-state index in [-0.39, 0.29) is 17.7 Å². The highest BCUT2D eigenvalue weighted by Gasteiger charge is 2.28. The number of rotatable bonds is 3. The fraction of sp³-hybridized carbons (Fsp3) is 0.353. The Hall–Kier alpha value is -2.21. The number of aryl methyl sites for hydroxylation is 1. The Morgan fingerprint density at radius 2 is 2.09 bits per heavy atom. The summed E-state index contributed by atoms with van der Waals surface area (Å²) >= 11 is 1.41. The summed E-state index contributed by atoms with van der Waals surface area (Å²) in [5.74, 6) is -0.00412. The molecule has 23 heavy (non-hydrogen) atoms. The second-order valence-electron chi connectivity index (χ2n) is 5.76. The Balaban J connectivity index is 1.55. The average Bonchev–Trinajstić information content (AvgIpc) is 3.07. The molecular formula is C17H19N3O2S. The van der Waals surface area contributed by atoms with E-state index in [0.29, 0.717) is 31.1 Å². The molecule has 1 aromatic heterocycles. The van der Waals surface area contributed by atoms with Crippen LogP contribution in [0, 0.1) is 12.8 Å². The molecule has 1 saturated heterocycles. The zero-order valence-corrected chi connectivity index (χ0v) is 13.8. The van der Waals surface area contributed by atoms with Crippen LogP contribution >= 0.6 is 11.3 Å². The lowest BCUT2D eigenvalue weighted by Gasteiger charge is -2.31. The first kappa shape index (κ1) is 15.7. The van der Waals surface area contributed by atoms with Crippen molar-refractivity contribution in [1.82, 2.24) is 9.88 Å². The zero-order valence-electron chi connectivity index (χ0n) is 13.0. The molecule has 0 unspecified atom stereocenters. The third-order valence-corrected chi connectivity index (χ3v) is 4.77. The summed E-state index contributed by atoms with van der Waals surface area (Å²) < 4.78 is 0. The van der Waals surface area contributed by atoms with Gasteiger partial charge in [-0.3, -0.25) is 9.59 Å². The van der Waals surface area contributed by atoms with Crippen LogP contribution in [0.5, 0.6) is 0 Å². The summed E-state index contributed by atoms with van der Waals surface area (Å²) in [4.78, 5) is 30.6. The highest BCUT2D eigenvalue weighted by atomic mass is 32.1. The Kier molecular flexibility index (Phi) is 4.71. The van der Waals surface area contributed by atoms with E-state index in [9.17, 15) is 9.59 Å². The smallest absolute Gasteiger partial charge is 0.253 e. The van der Waals surface area contributed by atoms with Crippen LogP contribution in [-0.4, -0.2) is 34.8 Å². The minimum absolute atomic E-state index is 0.00241. The second kappa shape index (κ2) is 6.91. The van der Waals surface area contributed by atoms with Crippen LogP contribution < -0.4 is 5.32 Å². The number of hydrogen-bond acceptors (Lipinski definition) is 4. The number of hydrogen-bond donors (Lipinski definition) is 1. The first-order valence-corrected chi connectivity index (χ1v) is 8.58. The van der Waals surface area contributed by atoms with Gasteiger partial charge in [0.1, 0.15) is 0 Å². The molecule has 2 amide bonds. The van der Waals surface area contributed by atoms with E-state index in [4.69, 9.17) is 0 Å². The van der Waals surface area contributed by atoms with Crippen molar-refractivity contribution in [3.8, 4) is 0 Å². The third kappa shape index (κ3) is 3.76. The number of carbonyl (C=O) groups excluding carboxylic acids is 2. The van der Waals surface area contributed by atoms with Crippen LogP contribution in [0.25, 0.3) is 0 Å². The summed E-state index contributed by atoms with van der Waals surface area (Å²) in [6.07, 6.45) is 3.05. The number of anilines is 1. The molecule has 1 aliphatic heterocycles. The molecule has 5 nitrogen and oxygen atoms in total. The molecule has 6 heteroatoms. The van der Waals surface area contributed by atoms with Gasteiger partial charge in [0.25, 0.3) is 5.91 Å². The molecule has 0 atom stereocenters. The lowest BCUT2D eigenvalue weighted by atomic mass is 9.95. The molecule has 120 valence electrons. The Morgan fingerprint density at radius 3 is 2.74 bits per heavy atom. The van der Waals surface area contributed by atoms with E-state index in [2.05, 4.69) is 10.3 Å². The Labute approximate surface area is 139 Å². The predicted octanol–water partition coefficient (Wildman–Crippen LogP) is 2.94. The van der Waals surface area contributed by atoms with Crippen LogP contribution in [0.4, 0.5) is 5.13 Å². The highest BCUT2D eigenvalue weighted by Crippen LogP contribution is 2.21. The maximum Gasteiger partial charge on any atom is 0.253 e. The minimum Gasteiger partial charge on any atom is -0.339 e. The number of amides is 2. The molecule has 2 aromatic rings. The summed E-state index contributed by atoms with van der Waals surface area (Å²) in [6, 6.07) is 7.63. The van der Waals surface area contributed by atoms with Crippen molar-refractivity contribution in [2.24, 2.45) is 5.92 Å². The molecule has 1 N–H and O–H groups in total. The average molecular weight is 329 g/mol. The van der Waals surface area contributed by atoms with E-state index in [0.717, 1.165) is 11.1 Å². The standard InChI is InChI=1S/C17H19N3O2S/c1-12-3-2-4-14(11-12)16(22)20-8-5-13(6-9-20)15(21)19-17-18-7-10-23-17/h2-4,7,10-11,13H,5-6,8-9H2,1H3,(H,18,19,21). The largest absolute Gasteiger partial charge is 0.339 e. The molecule has 0 aliphatic carbocycles. The van der Waals surface area contributed by atoms with Crippen LogP contribution in [0.2, 0.25) is 0 Å². The van der Waals surface area contributed by atoms with E-state index in [1.54, 1.807) is 6.20 Å². The lowest BCUT2D eigenvalue weighted by Crippen LogP contribution is -2.41. The molecule has 0 saturated carbocycles. The van der Waals surface area contributed by atoms with Crippen molar-refractivity contribution < 1.29 is 9.59 Å². The van der Waals surface area contributed by atoms with Gasteiger partial charge in [-0.05, 0) is 31.9 Å². The van der Waals surface area contributed by atoms with Crippen molar-refractivity contribution in [3.05, 3.63) is 47.0 Å². The van der Waals surface area contributed by atoms with Gasteiger partial charge in [-0.15, -0.1) is 11.3 Å². The number of nitrogens with one attached hydrogen (secondary N) is 1. The van der Waals surface area contributed by atoms with Crippen molar-refractivity contribution >= 4 is 28.3 Å². The van der Waals surface area contributed by atoms with Gasteiger partial charge in [0.2, 0.25) is 5.91 Å². The predicted molar refractivity (Wildman–Crippen MR) is 90.6 cm³/mol. The molecule has 3 rings (SSSR count). The van der Waals surface area contributed by atoms with Crippen LogP contribution in [0.3, 0.4) is 0 Å². The fourth-order valence-electron chi connectivity index (χ4n) is 2.80. The number of benzene rings is 1. The number of piperidine rings is 1. The topological polar surface area (TPSA) is 62.3 Å². The highest BCUT2D eigenvalue weighted by molar-refractivity contribution is 7.13. The normalized spacial score (nSPS) is 15.4. The number of likely N-dealkylation sites (tertiary alicyclic amines) is 1. The molecule has 1 fully saturated rings. The fourth-order valence-corrected chi connectivity index (χ4v) is 3.33. The monoisotopic (exact) mass is 329 g/mol. The van der Waals surface area contributed by atoms with Crippen LogP contribution in [0.15, 0.2) is 35.8 Å². The quantitative estimate of drug-likeness (QED) is 0.942. The number of thiazole rings is 1. The summed E-state index contributed by atoms with van der Waals surface area (Å²) in [5, 5.41) is 5.30. The van der Waals surface area contributed by atoms with Gasteiger partial charge >= 0.3 is 0 Å². The maximum absolute atomic E-state index is 12.5. The third-order valence-electron chi connectivity index (χ3n) is 4.08. The summed E-state index contributed by atoms with van der Waals surface area (Å²) in [7, 11) is 0. The van der Waals surface area contributed by atoms with Gasteiger partial charge in [-0.25, -0.2) is 4.98 Å². The molecule has 0 spiro atoms. The van der Waals surface area contributed by atoms with Crippen LogP contribution in [-0.2, 0) is 4.79 Å². The van der Waals surface area contributed by atoms with Crippen molar-refractivity contribution in [3.63, 3.8) is 0 Å². The molecule has 2 heterocycles. The van der Waals surface area contributed by atoms with E-state index >= 15 is 0 Å². The maximum atomic E-state index is 12.5. The van der Waals surface area contributed by atoms with Gasteiger partial charge in [0, 0.05) is 36.1 Å². The van der Waals surface area contributed by atoms with Gasteiger partial charge in [-0.2, -0.15) is 0 Å². The second-order valence-corrected chi connectivity index (χ2v) is 6.66. The van der Waals surface area contributed by atoms with Gasteiger partial charge < -0.3 is 10.2 Å². The Morgan fingerprint density at radius 1 is 1.30 bits per heavy atom. The molecule has 1 aliphatic rings.